The highest BCUT2D eigenvalue weighted by molar-refractivity contribution is 5.85. The van der Waals surface area contributed by atoms with E-state index in [2.05, 4.69) is 0 Å². The molecule has 4 N–H and O–H groups in total. The van der Waals surface area contributed by atoms with Gasteiger partial charge in [0.05, 0.1) is 11.5 Å². The zero-order valence-electron chi connectivity index (χ0n) is 8.88. The van der Waals surface area contributed by atoms with Gasteiger partial charge in [-0.3, -0.25) is 4.79 Å². The summed E-state index contributed by atoms with van der Waals surface area (Å²) in [5, 5.41) is 17.7. The van der Waals surface area contributed by atoms with Crippen LogP contribution in [-0.2, 0) is 14.3 Å². The Labute approximate surface area is 99.2 Å². The zero-order valence-corrected chi connectivity index (χ0v) is 9.70. The average molecular weight is 254 g/mol. The van der Waals surface area contributed by atoms with Gasteiger partial charge in [-0.25, -0.2) is 4.79 Å². The van der Waals surface area contributed by atoms with Crippen LogP contribution in [0, 0.1) is 5.92 Å². The van der Waals surface area contributed by atoms with Gasteiger partial charge < -0.3 is 20.7 Å². The molecule has 0 amide bonds. The van der Waals surface area contributed by atoms with Crippen molar-refractivity contribution in [2.45, 2.75) is 31.5 Å². The van der Waals surface area contributed by atoms with Gasteiger partial charge in [-0.05, 0) is 19.8 Å². The van der Waals surface area contributed by atoms with Gasteiger partial charge >= 0.3 is 11.9 Å². The predicted molar refractivity (Wildman–Crippen MR) is 57.6 cm³/mol. The SMILES string of the molecule is CC1(CN)CC(C(=O)O)CC(C(=O)O)O1.Cl. The lowest BCUT2D eigenvalue weighted by Crippen LogP contribution is -2.50. The molecule has 16 heavy (non-hydrogen) atoms. The largest absolute Gasteiger partial charge is 0.481 e. The van der Waals surface area contributed by atoms with Crippen molar-refractivity contribution in [1.29, 1.82) is 0 Å². The van der Waals surface area contributed by atoms with E-state index < -0.39 is 29.6 Å². The molecule has 1 heterocycles. The molecule has 0 spiro atoms. The number of halogens is 1. The van der Waals surface area contributed by atoms with E-state index in [9.17, 15) is 9.59 Å². The third-order valence-electron chi connectivity index (χ3n) is 2.66. The van der Waals surface area contributed by atoms with Crippen molar-refractivity contribution < 1.29 is 24.5 Å². The van der Waals surface area contributed by atoms with Gasteiger partial charge in [0, 0.05) is 6.54 Å². The van der Waals surface area contributed by atoms with Crippen LogP contribution in [0.4, 0.5) is 0 Å². The maximum atomic E-state index is 10.8. The summed E-state index contributed by atoms with van der Waals surface area (Å²) in [6.07, 6.45) is -0.823. The van der Waals surface area contributed by atoms with Crippen molar-refractivity contribution in [1.82, 2.24) is 0 Å². The Morgan fingerprint density at radius 3 is 2.38 bits per heavy atom. The van der Waals surface area contributed by atoms with E-state index in [1.165, 1.54) is 0 Å². The highest BCUT2D eigenvalue weighted by Crippen LogP contribution is 2.32. The molecule has 0 saturated carbocycles. The molecule has 0 radical (unpaired) electrons. The molecule has 7 heteroatoms. The van der Waals surface area contributed by atoms with Gasteiger partial charge in [-0.2, -0.15) is 0 Å². The summed E-state index contributed by atoms with van der Waals surface area (Å²) >= 11 is 0. The Hall–Kier alpha value is -0.850. The minimum Gasteiger partial charge on any atom is -0.481 e. The number of nitrogens with two attached hydrogens (primary N) is 1. The Kier molecular flexibility index (Phi) is 5.18. The van der Waals surface area contributed by atoms with Crippen molar-refractivity contribution >= 4 is 24.3 Å². The normalized spacial score (nSPS) is 33.9. The lowest BCUT2D eigenvalue weighted by atomic mass is 9.84. The summed E-state index contributed by atoms with van der Waals surface area (Å²) in [5.74, 6) is -2.83. The van der Waals surface area contributed by atoms with Crippen LogP contribution in [0.25, 0.3) is 0 Å². The second-order valence-corrected chi connectivity index (χ2v) is 4.07. The molecule has 1 aliphatic rings. The quantitative estimate of drug-likeness (QED) is 0.658. The number of rotatable bonds is 3. The van der Waals surface area contributed by atoms with Crippen LogP contribution in [0.1, 0.15) is 19.8 Å². The van der Waals surface area contributed by atoms with Crippen LogP contribution in [0.2, 0.25) is 0 Å². The molecule has 0 aromatic rings. The summed E-state index contributed by atoms with van der Waals surface area (Å²) in [4.78, 5) is 21.6. The third kappa shape index (κ3) is 3.33. The van der Waals surface area contributed by atoms with Crippen molar-refractivity contribution in [2.75, 3.05) is 6.54 Å². The maximum Gasteiger partial charge on any atom is 0.332 e. The molecule has 0 aromatic carbocycles. The average Bonchev–Trinajstić information content (AvgIpc) is 2.17. The first-order valence-electron chi connectivity index (χ1n) is 4.71. The fourth-order valence-corrected chi connectivity index (χ4v) is 1.77. The molecule has 1 rings (SSSR count). The van der Waals surface area contributed by atoms with Crippen molar-refractivity contribution in [2.24, 2.45) is 11.7 Å². The Morgan fingerprint density at radius 2 is 2.00 bits per heavy atom. The first-order chi connectivity index (χ1) is 6.88. The number of carboxylic acids is 2. The molecular weight excluding hydrogens is 238 g/mol. The van der Waals surface area contributed by atoms with E-state index in [0.29, 0.717) is 0 Å². The van der Waals surface area contributed by atoms with Crippen LogP contribution >= 0.6 is 12.4 Å². The lowest BCUT2D eigenvalue weighted by Gasteiger charge is -2.39. The summed E-state index contributed by atoms with van der Waals surface area (Å²) in [5.41, 5.74) is 4.59. The summed E-state index contributed by atoms with van der Waals surface area (Å²) in [6, 6.07) is 0. The van der Waals surface area contributed by atoms with Gasteiger partial charge in [0.25, 0.3) is 0 Å². The van der Waals surface area contributed by atoms with Crippen molar-refractivity contribution in [3.05, 3.63) is 0 Å². The smallest absolute Gasteiger partial charge is 0.332 e. The van der Waals surface area contributed by atoms with Crippen LogP contribution in [-0.4, -0.2) is 40.4 Å². The molecule has 6 nitrogen and oxygen atoms in total. The number of aliphatic carboxylic acids is 2. The van der Waals surface area contributed by atoms with Crippen LogP contribution in [0.15, 0.2) is 0 Å². The van der Waals surface area contributed by atoms with Gasteiger partial charge in [0.1, 0.15) is 0 Å². The second kappa shape index (κ2) is 5.47. The number of hydrogen-bond donors (Lipinski definition) is 3. The van der Waals surface area contributed by atoms with E-state index in [1.54, 1.807) is 6.92 Å². The topological polar surface area (TPSA) is 110 Å². The van der Waals surface area contributed by atoms with Crippen molar-refractivity contribution in [3.63, 3.8) is 0 Å². The maximum absolute atomic E-state index is 10.8. The third-order valence-corrected chi connectivity index (χ3v) is 2.66. The highest BCUT2D eigenvalue weighted by atomic mass is 35.5. The second-order valence-electron chi connectivity index (χ2n) is 4.07. The van der Waals surface area contributed by atoms with Crippen molar-refractivity contribution in [3.8, 4) is 0 Å². The lowest BCUT2D eigenvalue weighted by molar-refractivity contribution is -0.182. The molecule has 0 aromatic heterocycles. The Balaban J connectivity index is 0.00000225. The van der Waals surface area contributed by atoms with Gasteiger partial charge in [0.2, 0.25) is 0 Å². The van der Waals surface area contributed by atoms with Gasteiger partial charge in [-0.15, -0.1) is 12.4 Å². The summed E-state index contributed by atoms with van der Waals surface area (Å²) < 4.78 is 5.28. The van der Waals surface area contributed by atoms with Gasteiger partial charge in [0.15, 0.2) is 6.10 Å². The molecule has 1 fully saturated rings. The highest BCUT2D eigenvalue weighted by Gasteiger charge is 2.42. The molecule has 3 unspecified atom stereocenters. The molecule has 1 saturated heterocycles. The predicted octanol–water partition coefficient (Wildman–Crippen LogP) is 0.0900. The van der Waals surface area contributed by atoms with E-state index in [0.717, 1.165) is 0 Å². The van der Waals surface area contributed by atoms with Crippen LogP contribution in [0.3, 0.4) is 0 Å². The molecule has 0 bridgehead atoms. The fourth-order valence-electron chi connectivity index (χ4n) is 1.77. The minimum atomic E-state index is -1.14. The van der Waals surface area contributed by atoms with E-state index >= 15 is 0 Å². The summed E-state index contributed by atoms with van der Waals surface area (Å²) in [6.45, 7) is 1.75. The van der Waals surface area contributed by atoms with E-state index in [-0.39, 0.29) is 31.8 Å². The van der Waals surface area contributed by atoms with E-state index in [4.69, 9.17) is 20.7 Å². The van der Waals surface area contributed by atoms with E-state index in [1.807, 2.05) is 0 Å². The minimum absolute atomic E-state index is 0. The van der Waals surface area contributed by atoms with Crippen LogP contribution < -0.4 is 5.73 Å². The Morgan fingerprint density at radius 1 is 1.44 bits per heavy atom. The first kappa shape index (κ1) is 15.2. The molecule has 1 aliphatic heterocycles. The standard InChI is InChI=1S/C9H15NO5.ClH/c1-9(4-10)3-5(7(11)12)2-6(15-9)8(13)14;/h5-6H,2-4,10H2,1H3,(H,11,12)(H,13,14);1H. The first-order valence-corrected chi connectivity index (χ1v) is 4.71. The number of carbonyl (C=O) groups is 2. The molecule has 94 valence electrons. The number of ether oxygens (including phenoxy) is 1. The summed E-state index contributed by atoms with van der Waals surface area (Å²) in [7, 11) is 0. The number of hydrogen-bond acceptors (Lipinski definition) is 4. The fraction of sp³-hybridized carbons (Fsp3) is 0.778. The molecular formula is C9H16ClNO5. The zero-order chi connectivity index (χ0) is 11.6. The molecule has 0 aliphatic carbocycles. The monoisotopic (exact) mass is 253 g/mol. The van der Waals surface area contributed by atoms with Gasteiger partial charge in [-0.1, -0.05) is 0 Å². The Bertz CT molecular complexity index is 261. The van der Waals surface area contributed by atoms with Crippen LogP contribution in [0.5, 0.6) is 0 Å². The number of carboxylic acid groups (broad SMARTS) is 2. The molecule has 3 atom stereocenters.